The summed E-state index contributed by atoms with van der Waals surface area (Å²) in [5, 5.41) is 0. The van der Waals surface area contributed by atoms with Crippen LogP contribution >= 0.6 is 0 Å². The van der Waals surface area contributed by atoms with E-state index >= 15 is 0 Å². The molecule has 2 amide bonds. The molecule has 1 saturated heterocycles. The van der Waals surface area contributed by atoms with Gasteiger partial charge in [-0.25, -0.2) is 0 Å². The predicted octanol–water partition coefficient (Wildman–Crippen LogP) is 0.654. The number of carbonyl (C=O) groups excluding carboxylic acids is 2. The molecule has 0 radical (unpaired) electrons. The number of amides is 2. The maximum atomic E-state index is 11.3. The zero-order chi connectivity index (χ0) is 10.4. The molecule has 0 aromatic heterocycles. The first-order chi connectivity index (χ1) is 6.72. The second-order valence-electron chi connectivity index (χ2n) is 3.78. The third-order valence-corrected chi connectivity index (χ3v) is 2.60. The molecule has 2 N–H and O–H groups in total. The zero-order valence-electron chi connectivity index (χ0n) is 8.50. The van der Waals surface area contributed by atoms with Gasteiger partial charge in [-0.2, -0.15) is 0 Å². The molecule has 0 spiro atoms. The number of hydrogen-bond donors (Lipinski definition) is 1. The van der Waals surface area contributed by atoms with E-state index in [1.165, 1.54) is 12.8 Å². The minimum Gasteiger partial charge on any atom is -0.361 e. The Labute approximate surface area is 84.4 Å². The van der Waals surface area contributed by atoms with Crippen LogP contribution in [-0.2, 0) is 9.59 Å². The molecule has 1 fully saturated rings. The largest absolute Gasteiger partial charge is 0.361 e. The number of carbonyl (C=O) groups is 2. The van der Waals surface area contributed by atoms with Crippen molar-refractivity contribution in [3.63, 3.8) is 0 Å². The third-order valence-electron chi connectivity index (χ3n) is 2.60. The molecule has 0 unspecified atom stereocenters. The lowest BCUT2D eigenvalue weighted by Crippen LogP contribution is -2.41. The molecule has 0 aromatic rings. The fourth-order valence-electron chi connectivity index (χ4n) is 1.78. The van der Waals surface area contributed by atoms with Crippen molar-refractivity contribution in [1.29, 1.82) is 0 Å². The Bertz CT molecular complexity index is 206. The van der Waals surface area contributed by atoms with Gasteiger partial charge in [0, 0.05) is 13.1 Å². The highest BCUT2D eigenvalue weighted by Crippen LogP contribution is 2.10. The average Bonchev–Trinajstić information content (AvgIpc) is 2.29. The van der Waals surface area contributed by atoms with E-state index in [1.54, 1.807) is 4.90 Å². The van der Waals surface area contributed by atoms with Gasteiger partial charge >= 0.3 is 11.8 Å². The standard InChI is InChI=1S/C10H18N2O2/c11-9(13)10(14)12-7-5-3-1-2-4-6-8-12/h1-8H2,(H2,11,13). The maximum absolute atomic E-state index is 11.3. The summed E-state index contributed by atoms with van der Waals surface area (Å²) in [7, 11) is 0. The van der Waals surface area contributed by atoms with Gasteiger partial charge in [-0.1, -0.05) is 25.7 Å². The van der Waals surface area contributed by atoms with Gasteiger partial charge in [0.25, 0.3) is 0 Å². The van der Waals surface area contributed by atoms with Gasteiger partial charge in [-0.15, -0.1) is 0 Å². The Morgan fingerprint density at radius 3 is 1.71 bits per heavy atom. The highest BCUT2D eigenvalue weighted by Gasteiger charge is 2.18. The van der Waals surface area contributed by atoms with Crippen LogP contribution in [0, 0.1) is 0 Å². The quantitative estimate of drug-likeness (QED) is 0.581. The first-order valence-corrected chi connectivity index (χ1v) is 5.30. The van der Waals surface area contributed by atoms with Crippen LogP contribution in [0.25, 0.3) is 0 Å². The van der Waals surface area contributed by atoms with Gasteiger partial charge in [0.05, 0.1) is 0 Å². The minimum absolute atomic E-state index is 0.521. The Morgan fingerprint density at radius 1 is 0.857 bits per heavy atom. The first kappa shape index (κ1) is 11.0. The van der Waals surface area contributed by atoms with E-state index in [-0.39, 0.29) is 0 Å². The van der Waals surface area contributed by atoms with Gasteiger partial charge in [0.1, 0.15) is 0 Å². The molecule has 1 aliphatic heterocycles. The third kappa shape index (κ3) is 3.36. The van der Waals surface area contributed by atoms with Gasteiger partial charge in [0.15, 0.2) is 0 Å². The van der Waals surface area contributed by atoms with Crippen LogP contribution in [0.15, 0.2) is 0 Å². The molecule has 1 rings (SSSR count). The van der Waals surface area contributed by atoms with Crippen LogP contribution in [-0.4, -0.2) is 29.8 Å². The Kier molecular flexibility index (Phi) is 4.43. The number of nitrogens with two attached hydrogens (primary N) is 1. The van der Waals surface area contributed by atoms with E-state index in [0.29, 0.717) is 13.1 Å². The Balaban J connectivity index is 2.47. The lowest BCUT2D eigenvalue weighted by Gasteiger charge is -2.19. The molecule has 80 valence electrons. The summed E-state index contributed by atoms with van der Waals surface area (Å²) in [4.78, 5) is 23.6. The highest BCUT2D eigenvalue weighted by molar-refractivity contribution is 6.34. The zero-order valence-corrected chi connectivity index (χ0v) is 8.50. The SMILES string of the molecule is NC(=O)C(=O)N1CCCCCCCC1. The molecule has 0 atom stereocenters. The molecule has 14 heavy (non-hydrogen) atoms. The van der Waals surface area contributed by atoms with Crippen molar-refractivity contribution in [2.24, 2.45) is 5.73 Å². The maximum Gasteiger partial charge on any atom is 0.311 e. The summed E-state index contributed by atoms with van der Waals surface area (Å²) < 4.78 is 0. The lowest BCUT2D eigenvalue weighted by molar-refractivity contribution is -0.144. The van der Waals surface area contributed by atoms with Crippen LogP contribution in [0.2, 0.25) is 0 Å². The number of nitrogens with zero attached hydrogens (tertiary/aromatic N) is 1. The Hall–Kier alpha value is -1.06. The number of hydrogen-bond acceptors (Lipinski definition) is 2. The summed E-state index contributed by atoms with van der Waals surface area (Å²) in [6.07, 6.45) is 6.72. The van der Waals surface area contributed by atoms with E-state index < -0.39 is 11.8 Å². The molecule has 4 nitrogen and oxygen atoms in total. The molecule has 4 heteroatoms. The van der Waals surface area contributed by atoms with Gasteiger partial charge < -0.3 is 10.6 Å². The molecular formula is C10H18N2O2. The monoisotopic (exact) mass is 198 g/mol. The van der Waals surface area contributed by atoms with Crippen LogP contribution in [0.4, 0.5) is 0 Å². The van der Waals surface area contributed by atoms with E-state index in [1.807, 2.05) is 0 Å². The van der Waals surface area contributed by atoms with Crippen molar-refractivity contribution in [3.05, 3.63) is 0 Å². The second-order valence-corrected chi connectivity index (χ2v) is 3.78. The summed E-state index contributed by atoms with van der Waals surface area (Å²) in [5.41, 5.74) is 4.97. The lowest BCUT2D eigenvalue weighted by atomic mass is 10.1. The summed E-state index contributed by atoms with van der Waals surface area (Å²) >= 11 is 0. The van der Waals surface area contributed by atoms with Gasteiger partial charge in [0.2, 0.25) is 0 Å². The molecular weight excluding hydrogens is 180 g/mol. The van der Waals surface area contributed by atoms with Gasteiger partial charge in [-0.3, -0.25) is 9.59 Å². The number of primary amides is 1. The smallest absolute Gasteiger partial charge is 0.311 e. The fraction of sp³-hybridized carbons (Fsp3) is 0.800. The number of rotatable bonds is 0. The van der Waals surface area contributed by atoms with Crippen molar-refractivity contribution >= 4 is 11.8 Å². The van der Waals surface area contributed by atoms with Crippen LogP contribution in [0.1, 0.15) is 38.5 Å². The van der Waals surface area contributed by atoms with Crippen LogP contribution in [0.3, 0.4) is 0 Å². The minimum atomic E-state index is -0.829. The average molecular weight is 198 g/mol. The predicted molar refractivity (Wildman–Crippen MR) is 53.5 cm³/mol. The highest BCUT2D eigenvalue weighted by atomic mass is 16.2. The first-order valence-electron chi connectivity index (χ1n) is 5.30. The summed E-state index contributed by atoms with van der Waals surface area (Å²) in [6, 6.07) is 0. The summed E-state index contributed by atoms with van der Waals surface area (Å²) in [5.74, 6) is -1.35. The van der Waals surface area contributed by atoms with Crippen molar-refractivity contribution in [2.45, 2.75) is 38.5 Å². The van der Waals surface area contributed by atoms with Crippen molar-refractivity contribution < 1.29 is 9.59 Å². The molecule has 0 saturated carbocycles. The Morgan fingerprint density at radius 2 is 1.29 bits per heavy atom. The van der Waals surface area contributed by atoms with Crippen LogP contribution in [0.5, 0.6) is 0 Å². The van der Waals surface area contributed by atoms with E-state index in [0.717, 1.165) is 25.7 Å². The van der Waals surface area contributed by atoms with Crippen molar-refractivity contribution in [2.75, 3.05) is 13.1 Å². The van der Waals surface area contributed by atoms with Crippen molar-refractivity contribution in [1.82, 2.24) is 4.90 Å². The van der Waals surface area contributed by atoms with E-state index in [9.17, 15) is 9.59 Å². The molecule has 0 aromatic carbocycles. The topological polar surface area (TPSA) is 63.4 Å². The molecule has 1 aliphatic rings. The molecule has 0 bridgehead atoms. The van der Waals surface area contributed by atoms with E-state index in [4.69, 9.17) is 5.73 Å². The fourth-order valence-corrected chi connectivity index (χ4v) is 1.78. The second kappa shape index (κ2) is 5.62. The van der Waals surface area contributed by atoms with Crippen LogP contribution < -0.4 is 5.73 Å². The van der Waals surface area contributed by atoms with E-state index in [2.05, 4.69) is 0 Å². The molecule has 1 heterocycles. The summed E-state index contributed by atoms with van der Waals surface area (Å²) in [6.45, 7) is 1.36. The van der Waals surface area contributed by atoms with Gasteiger partial charge in [-0.05, 0) is 12.8 Å². The molecule has 0 aliphatic carbocycles. The van der Waals surface area contributed by atoms with Crippen molar-refractivity contribution in [3.8, 4) is 0 Å². The normalized spacial score (nSPS) is 19.3.